The van der Waals surface area contributed by atoms with Crippen molar-refractivity contribution in [2.45, 2.75) is 13.5 Å². The van der Waals surface area contributed by atoms with Crippen molar-refractivity contribution in [2.24, 2.45) is 11.8 Å². The van der Waals surface area contributed by atoms with E-state index in [9.17, 15) is 10.4 Å². The van der Waals surface area contributed by atoms with Gasteiger partial charge in [-0.05, 0) is 53.1 Å². The molecule has 0 fully saturated rings. The van der Waals surface area contributed by atoms with Crippen LogP contribution in [0.4, 0.5) is 5.69 Å². The maximum absolute atomic E-state index is 10.6. The Labute approximate surface area is 262 Å². The molecule has 218 valence electrons. The highest BCUT2D eigenvalue weighted by atomic mass is 16.3. The number of aromatic nitrogens is 1. The number of para-hydroxylation sites is 3. The minimum absolute atomic E-state index is 0.0465. The Bertz CT molecular complexity index is 2200. The number of hydrogen-bond acceptors (Lipinski definition) is 4. The predicted octanol–water partition coefficient (Wildman–Crippen LogP) is 9.41. The molecule has 5 nitrogen and oxygen atoms in total. The van der Waals surface area contributed by atoms with Crippen LogP contribution in [0.3, 0.4) is 0 Å². The van der Waals surface area contributed by atoms with Crippen LogP contribution in [0, 0.1) is 28.6 Å². The van der Waals surface area contributed by atoms with Crippen molar-refractivity contribution in [3.05, 3.63) is 150 Å². The van der Waals surface area contributed by atoms with Crippen molar-refractivity contribution >= 4 is 33.2 Å². The molecule has 5 heteroatoms. The maximum Gasteiger partial charge on any atom is 0.123 e. The molecule has 0 amide bonds. The van der Waals surface area contributed by atoms with Crippen molar-refractivity contribution < 1.29 is 5.11 Å². The van der Waals surface area contributed by atoms with Crippen LogP contribution < -0.4 is 5.32 Å². The van der Waals surface area contributed by atoms with Crippen molar-refractivity contribution in [3.8, 4) is 28.6 Å². The van der Waals surface area contributed by atoms with E-state index >= 15 is 0 Å². The predicted molar refractivity (Wildman–Crippen MR) is 184 cm³/mol. The largest absolute Gasteiger partial charge is 0.507 e. The molecule has 2 unspecified atom stereocenters. The summed E-state index contributed by atoms with van der Waals surface area (Å²) in [4.78, 5) is 0. The third-order valence-electron chi connectivity index (χ3n) is 8.80. The Kier molecular flexibility index (Phi) is 7.25. The van der Waals surface area contributed by atoms with Crippen LogP contribution in [-0.2, 0) is 6.54 Å². The molecule has 1 aliphatic rings. The fourth-order valence-electron chi connectivity index (χ4n) is 6.40. The third kappa shape index (κ3) is 5.07. The van der Waals surface area contributed by atoms with E-state index in [-0.39, 0.29) is 17.6 Å². The van der Waals surface area contributed by atoms with Crippen LogP contribution in [-0.4, -0.2) is 15.4 Å². The number of rotatable bonds is 7. The normalized spacial score (nSPS) is 16.0. The molecule has 1 heterocycles. The number of nitriles is 1. The molecule has 1 aromatic heterocycles. The lowest BCUT2D eigenvalue weighted by atomic mass is 9.80. The number of phenolic OH excluding ortho intramolecular Hbond substituents is 1. The fourth-order valence-corrected chi connectivity index (χ4v) is 6.40. The number of phenols is 1. The summed E-state index contributed by atoms with van der Waals surface area (Å²) in [7, 11) is 0. The van der Waals surface area contributed by atoms with Gasteiger partial charge in [-0.15, -0.1) is 0 Å². The molecule has 0 saturated heterocycles. The number of nitrogens with zero attached hydrogens (tertiary/aromatic N) is 2. The number of hydrogen-bond donors (Lipinski definition) is 3. The van der Waals surface area contributed by atoms with Gasteiger partial charge in [0.2, 0.25) is 0 Å². The molecule has 2 atom stereocenters. The van der Waals surface area contributed by atoms with Crippen molar-refractivity contribution in [2.75, 3.05) is 5.32 Å². The molecule has 0 spiro atoms. The van der Waals surface area contributed by atoms with E-state index in [0.717, 1.165) is 55.6 Å². The lowest BCUT2D eigenvalue weighted by Crippen LogP contribution is -2.20. The Balaban J connectivity index is 1.23. The van der Waals surface area contributed by atoms with E-state index in [1.807, 2.05) is 67.6 Å². The molecule has 45 heavy (non-hydrogen) atoms. The van der Waals surface area contributed by atoms with E-state index in [1.54, 1.807) is 6.07 Å². The Morgan fingerprint density at radius 1 is 0.867 bits per heavy atom. The van der Waals surface area contributed by atoms with Gasteiger partial charge in [-0.3, -0.25) is 5.41 Å². The zero-order valence-electron chi connectivity index (χ0n) is 24.9. The minimum Gasteiger partial charge on any atom is -0.507 e. The van der Waals surface area contributed by atoms with Crippen molar-refractivity contribution in [3.63, 3.8) is 0 Å². The van der Waals surface area contributed by atoms with Crippen molar-refractivity contribution in [1.29, 1.82) is 10.7 Å². The van der Waals surface area contributed by atoms with Gasteiger partial charge in [-0.2, -0.15) is 5.26 Å². The molecule has 0 bridgehead atoms. The van der Waals surface area contributed by atoms with Crippen LogP contribution in [0.25, 0.3) is 38.6 Å². The lowest BCUT2D eigenvalue weighted by molar-refractivity contribution is 0.477. The van der Waals surface area contributed by atoms with E-state index in [4.69, 9.17) is 5.41 Å². The zero-order chi connectivity index (χ0) is 30.9. The summed E-state index contributed by atoms with van der Waals surface area (Å²) >= 11 is 0. The molecule has 0 radical (unpaired) electrons. The summed E-state index contributed by atoms with van der Waals surface area (Å²) in [5.74, 6) is -0.0186. The van der Waals surface area contributed by atoms with E-state index in [2.05, 4.69) is 82.7 Å². The highest BCUT2D eigenvalue weighted by molar-refractivity contribution is 6.14. The van der Waals surface area contributed by atoms with Crippen LogP contribution in [0.2, 0.25) is 0 Å². The summed E-state index contributed by atoms with van der Waals surface area (Å²) in [5, 5.41) is 35.1. The Hall–Kier alpha value is -5.86. The SMILES string of the molecule is CC1C(C(=N)c2ccccc2NCc2cccc(-n3c4ccccc4c4ccc(-c5ccccc5O)cc43)c2)=CC=CC1C#N. The maximum atomic E-state index is 10.6. The zero-order valence-corrected chi connectivity index (χ0v) is 24.9. The van der Waals surface area contributed by atoms with Gasteiger partial charge >= 0.3 is 0 Å². The van der Waals surface area contributed by atoms with E-state index < -0.39 is 0 Å². The average Bonchev–Trinajstić information content (AvgIpc) is 3.41. The van der Waals surface area contributed by atoms with Crippen LogP contribution >= 0.6 is 0 Å². The summed E-state index contributed by atoms with van der Waals surface area (Å²) in [6.45, 7) is 2.59. The molecule has 7 rings (SSSR count). The van der Waals surface area contributed by atoms with Crippen LogP contribution in [0.5, 0.6) is 5.75 Å². The van der Waals surface area contributed by atoms with Gasteiger partial charge < -0.3 is 15.0 Å². The smallest absolute Gasteiger partial charge is 0.123 e. The summed E-state index contributed by atoms with van der Waals surface area (Å²) < 4.78 is 2.29. The van der Waals surface area contributed by atoms with Gasteiger partial charge in [0.25, 0.3) is 0 Å². The Morgan fingerprint density at radius 2 is 1.64 bits per heavy atom. The topological polar surface area (TPSA) is 84.8 Å². The summed E-state index contributed by atoms with van der Waals surface area (Å²) in [6, 6.07) is 41.0. The first kappa shape index (κ1) is 27.9. The van der Waals surface area contributed by atoms with Gasteiger partial charge in [-0.1, -0.05) is 104 Å². The Morgan fingerprint density at radius 3 is 2.51 bits per heavy atom. The first-order chi connectivity index (χ1) is 22.0. The quantitative estimate of drug-likeness (QED) is 0.163. The summed E-state index contributed by atoms with van der Waals surface area (Å²) in [5.41, 5.74) is 9.11. The van der Waals surface area contributed by atoms with Gasteiger partial charge in [0.1, 0.15) is 5.75 Å². The molecular weight excluding hydrogens is 552 g/mol. The molecule has 3 N–H and O–H groups in total. The molecular formula is C40H32N4O. The van der Waals surface area contributed by atoms with Crippen molar-refractivity contribution in [1.82, 2.24) is 4.57 Å². The summed E-state index contributed by atoms with van der Waals surface area (Å²) in [6.07, 6.45) is 5.75. The fraction of sp³-hybridized carbons (Fsp3) is 0.100. The van der Waals surface area contributed by atoms with Gasteiger partial charge in [-0.25, -0.2) is 0 Å². The first-order valence-electron chi connectivity index (χ1n) is 15.1. The molecule has 0 aliphatic heterocycles. The second-order valence-electron chi connectivity index (χ2n) is 11.5. The highest BCUT2D eigenvalue weighted by Gasteiger charge is 2.25. The lowest BCUT2D eigenvalue weighted by Gasteiger charge is -2.23. The van der Waals surface area contributed by atoms with E-state index in [0.29, 0.717) is 12.3 Å². The van der Waals surface area contributed by atoms with E-state index in [1.165, 1.54) is 5.39 Å². The third-order valence-corrected chi connectivity index (χ3v) is 8.80. The molecule has 5 aromatic carbocycles. The number of fused-ring (bicyclic) bond motifs is 3. The monoisotopic (exact) mass is 584 g/mol. The molecule has 1 aliphatic carbocycles. The molecule has 0 saturated carbocycles. The minimum atomic E-state index is -0.233. The average molecular weight is 585 g/mol. The van der Waals surface area contributed by atoms with Gasteiger partial charge in [0.15, 0.2) is 0 Å². The number of anilines is 1. The van der Waals surface area contributed by atoms with Gasteiger partial charge in [0.05, 0.1) is 28.7 Å². The van der Waals surface area contributed by atoms with Gasteiger partial charge in [0, 0.05) is 45.7 Å². The first-order valence-corrected chi connectivity index (χ1v) is 15.1. The standard InChI is InChI=1S/C40H32N4O/c1-26-29(24-41)11-9-16-31(26)40(42)35-15-2-5-17-36(35)43-25-27-10-8-12-30(22-27)44-37-18-6-3-14-33(37)34-21-20-28(23-38(34)44)32-13-4-7-19-39(32)45/h2-23,26,29,42-43,45H,25H2,1H3. The second-order valence-corrected chi connectivity index (χ2v) is 11.5. The number of aromatic hydroxyl groups is 1. The molecule has 6 aromatic rings. The number of allylic oxidation sites excluding steroid dienone is 4. The van der Waals surface area contributed by atoms with Crippen LogP contribution in [0.15, 0.2) is 139 Å². The highest BCUT2D eigenvalue weighted by Crippen LogP contribution is 2.37. The number of benzene rings is 5. The number of nitrogens with one attached hydrogen (secondary N) is 2. The van der Waals surface area contributed by atoms with Crippen LogP contribution in [0.1, 0.15) is 18.1 Å². The second kappa shape index (κ2) is 11.7.